The summed E-state index contributed by atoms with van der Waals surface area (Å²) in [7, 11) is 0. The molecule has 1 fully saturated rings. The smallest absolute Gasteiger partial charge is 0.214 e. The lowest BCUT2D eigenvalue weighted by Gasteiger charge is -2.13. The number of thiocarbonyl (C=S) groups is 1. The summed E-state index contributed by atoms with van der Waals surface area (Å²) < 4.78 is 11.1. The number of ether oxygens (including phenoxy) is 2. The molecule has 19 heavy (non-hydrogen) atoms. The Kier molecular flexibility index (Phi) is 3.31. The van der Waals surface area contributed by atoms with Crippen molar-refractivity contribution >= 4 is 28.1 Å². The predicted molar refractivity (Wildman–Crippen MR) is 77.5 cm³/mol. The van der Waals surface area contributed by atoms with Gasteiger partial charge in [0.05, 0.1) is 18.7 Å². The van der Waals surface area contributed by atoms with E-state index in [0.717, 1.165) is 29.5 Å². The summed E-state index contributed by atoms with van der Waals surface area (Å²) in [6, 6.07) is 9.57. The molecule has 0 spiro atoms. The summed E-state index contributed by atoms with van der Waals surface area (Å²) >= 11 is 5.10. The van der Waals surface area contributed by atoms with Crippen LogP contribution in [0.4, 0.5) is 0 Å². The Morgan fingerprint density at radius 2 is 2.26 bits per heavy atom. The molecule has 0 radical (unpaired) electrons. The van der Waals surface area contributed by atoms with Crippen LogP contribution < -0.4 is 10.5 Å². The molecule has 0 saturated carbocycles. The maximum atomic E-state index is 5.82. The van der Waals surface area contributed by atoms with Gasteiger partial charge in [0.25, 0.3) is 0 Å². The normalized spacial score (nSPS) is 18.6. The Hall–Kier alpha value is -1.72. The Balaban J connectivity index is 2.02. The van der Waals surface area contributed by atoms with Crippen LogP contribution >= 0.6 is 12.2 Å². The maximum absolute atomic E-state index is 5.82. The highest BCUT2D eigenvalue weighted by Crippen LogP contribution is 2.23. The molecule has 1 saturated heterocycles. The summed E-state index contributed by atoms with van der Waals surface area (Å²) in [5, 5.41) is 0.949. The molecule has 1 atom stereocenters. The fraction of sp³-hybridized carbons (Fsp3) is 0.286. The minimum atomic E-state index is 0.0628. The van der Waals surface area contributed by atoms with Crippen LogP contribution in [0, 0.1) is 0 Å². The molecule has 1 aliphatic heterocycles. The SMILES string of the molecule is NC(=S)c1cc(OC2CCOC2)nc2ccccc12. The van der Waals surface area contributed by atoms with Gasteiger partial charge in [-0.1, -0.05) is 30.4 Å². The van der Waals surface area contributed by atoms with Crippen LogP contribution in [0.15, 0.2) is 30.3 Å². The van der Waals surface area contributed by atoms with E-state index in [9.17, 15) is 0 Å². The molecule has 2 aromatic rings. The van der Waals surface area contributed by atoms with Gasteiger partial charge in [-0.15, -0.1) is 0 Å². The van der Waals surface area contributed by atoms with Gasteiger partial charge < -0.3 is 15.2 Å². The van der Waals surface area contributed by atoms with Crippen molar-refractivity contribution in [1.29, 1.82) is 0 Å². The molecule has 0 aliphatic carbocycles. The quantitative estimate of drug-likeness (QED) is 0.868. The van der Waals surface area contributed by atoms with Crippen molar-refractivity contribution in [3.05, 3.63) is 35.9 Å². The zero-order valence-corrected chi connectivity index (χ0v) is 11.2. The summed E-state index contributed by atoms with van der Waals surface area (Å²) in [5.74, 6) is 0.553. The van der Waals surface area contributed by atoms with E-state index in [1.54, 1.807) is 0 Å². The maximum Gasteiger partial charge on any atom is 0.214 e. The minimum absolute atomic E-state index is 0.0628. The van der Waals surface area contributed by atoms with Crippen molar-refractivity contribution < 1.29 is 9.47 Å². The molecule has 5 heteroatoms. The van der Waals surface area contributed by atoms with Gasteiger partial charge in [0, 0.05) is 23.4 Å². The fourth-order valence-corrected chi connectivity index (χ4v) is 2.36. The van der Waals surface area contributed by atoms with E-state index in [4.69, 9.17) is 27.4 Å². The number of nitrogens with zero attached hydrogens (tertiary/aromatic N) is 1. The first-order valence-corrected chi connectivity index (χ1v) is 6.59. The first-order chi connectivity index (χ1) is 9.24. The summed E-state index contributed by atoms with van der Waals surface area (Å²) in [5.41, 5.74) is 7.42. The molecule has 98 valence electrons. The van der Waals surface area contributed by atoms with Gasteiger partial charge in [-0.3, -0.25) is 0 Å². The van der Waals surface area contributed by atoms with E-state index in [2.05, 4.69) is 4.98 Å². The standard InChI is InChI=1S/C14H14N2O2S/c15-14(19)11-7-13(18-9-5-6-17-8-9)16-12-4-2-1-3-10(11)12/h1-4,7,9H,5-6,8H2,(H2,15,19). The van der Waals surface area contributed by atoms with Crippen LogP contribution in [-0.4, -0.2) is 29.3 Å². The van der Waals surface area contributed by atoms with Crippen LogP contribution in [-0.2, 0) is 4.74 Å². The molecular formula is C14H14N2O2S. The molecule has 1 aromatic carbocycles. The van der Waals surface area contributed by atoms with Crippen LogP contribution in [0.5, 0.6) is 5.88 Å². The molecule has 0 amide bonds. The number of fused-ring (bicyclic) bond motifs is 1. The van der Waals surface area contributed by atoms with Gasteiger partial charge in [0.15, 0.2) is 0 Å². The largest absolute Gasteiger partial charge is 0.472 e. The van der Waals surface area contributed by atoms with Crippen LogP contribution in [0.3, 0.4) is 0 Å². The molecule has 2 heterocycles. The number of para-hydroxylation sites is 1. The Morgan fingerprint density at radius 3 is 3.00 bits per heavy atom. The second-order valence-corrected chi connectivity index (χ2v) is 4.93. The highest BCUT2D eigenvalue weighted by atomic mass is 32.1. The monoisotopic (exact) mass is 274 g/mol. The third kappa shape index (κ3) is 2.52. The topological polar surface area (TPSA) is 57.4 Å². The van der Waals surface area contributed by atoms with E-state index < -0.39 is 0 Å². The third-order valence-corrected chi connectivity index (χ3v) is 3.35. The van der Waals surface area contributed by atoms with E-state index >= 15 is 0 Å². The van der Waals surface area contributed by atoms with E-state index in [1.165, 1.54) is 0 Å². The predicted octanol–water partition coefficient (Wildman–Crippen LogP) is 2.04. The number of hydrogen-bond acceptors (Lipinski definition) is 4. The third-order valence-electron chi connectivity index (χ3n) is 3.13. The zero-order chi connectivity index (χ0) is 13.2. The van der Waals surface area contributed by atoms with Gasteiger partial charge in [0.2, 0.25) is 5.88 Å². The highest BCUT2D eigenvalue weighted by Gasteiger charge is 2.18. The van der Waals surface area contributed by atoms with Crippen molar-refractivity contribution in [1.82, 2.24) is 4.98 Å². The summed E-state index contributed by atoms with van der Waals surface area (Å²) in [4.78, 5) is 4.84. The number of nitrogens with two attached hydrogens (primary N) is 1. The van der Waals surface area contributed by atoms with E-state index in [-0.39, 0.29) is 6.10 Å². The Labute approximate surface area is 116 Å². The minimum Gasteiger partial charge on any atom is -0.472 e. The van der Waals surface area contributed by atoms with Crippen molar-refractivity contribution in [3.63, 3.8) is 0 Å². The van der Waals surface area contributed by atoms with Crippen molar-refractivity contribution in [2.75, 3.05) is 13.2 Å². The lowest BCUT2D eigenvalue weighted by Crippen LogP contribution is -2.17. The molecule has 1 aromatic heterocycles. The van der Waals surface area contributed by atoms with E-state index in [1.807, 2.05) is 30.3 Å². The average molecular weight is 274 g/mol. The Morgan fingerprint density at radius 1 is 1.42 bits per heavy atom. The number of hydrogen-bond donors (Lipinski definition) is 1. The number of rotatable bonds is 3. The highest BCUT2D eigenvalue weighted by molar-refractivity contribution is 7.80. The van der Waals surface area contributed by atoms with Crippen molar-refractivity contribution in [2.45, 2.75) is 12.5 Å². The lowest BCUT2D eigenvalue weighted by molar-refractivity contribution is 0.138. The first-order valence-electron chi connectivity index (χ1n) is 6.18. The van der Waals surface area contributed by atoms with Crippen LogP contribution in [0.1, 0.15) is 12.0 Å². The van der Waals surface area contributed by atoms with Crippen molar-refractivity contribution in [2.24, 2.45) is 5.73 Å². The second-order valence-electron chi connectivity index (χ2n) is 4.49. The van der Waals surface area contributed by atoms with Gasteiger partial charge >= 0.3 is 0 Å². The van der Waals surface area contributed by atoms with Gasteiger partial charge in [-0.2, -0.15) is 0 Å². The summed E-state index contributed by atoms with van der Waals surface area (Å²) in [6.07, 6.45) is 0.949. The zero-order valence-electron chi connectivity index (χ0n) is 10.3. The molecule has 1 aliphatic rings. The molecular weight excluding hydrogens is 260 g/mol. The summed E-state index contributed by atoms with van der Waals surface area (Å²) in [6.45, 7) is 1.34. The first kappa shape index (κ1) is 12.3. The number of benzene rings is 1. The second kappa shape index (κ2) is 5.11. The molecule has 0 bridgehead atoms. The van der Waals surface area contributed by atoms with E-state index in [0.29, 0.717) is 17.5 Å². The van der Waals surface area contributed by atoms with Gasteiger partial charge in [0.1, 0.15) is 11.1 Å². The average Bonchev–Trinajstić information content (AvgIpc) is 2.90. The van der Waals surface area contributed by atoms with Crippen LogP contribution in [0.25, 0.3) is 10.9 Å². The molecule has 2 N–H and O–H groups in total. The molecule has 4 nitrogen and oxygen atoms in total. The van der Waals surface area contributed by atoms with Gasteiger partial charge in [-0.05, 0) is 6.07 Å². The van der Waals surface area contributed by atoms with Crippen molar-refractivity contribution in [3.8, 4) is 5.88 Å². The Bertz CT molecular complexity index is 624. The molecule has 3 rings (SSSR count). The molecule has 1 unspecified atom stereocenters. The number of pyridine rings is 1. The van der Waals surface area contributed by atoms with Crippen LogP contribution in [0.2, 0.25) is 0 Å². The number of aromatic nitrogens is 1. The lowest BCUT2D eigenvalue weighted by atomic mass is 10.1. The fourth-order valence-electron chi connectivity index (χ4n) is 2.19. The van der Waals surface area contributed by atoms with Gasteiger partial charge in [-0.25, -0.2) is 4.98 Å².